The molecule has 0 aliphatic carbocycles. The third-order valence-corrected chi connectivity index (χ3v) is 3.29. The van der Waals surface area contributed by atoms with Crippen molar-refractivity contribution in [2.75, 3.05) is 12.4 Å². The zero-order valence-corrected chi connectivity index (χ0v) is 11.4. The highest BCUT2D eigenvalue weighted by Gasteiger charge is 2.10. The van der Waals surface area contributed by atoms with Crippen LogP contribution in [0.1, 0.15) is 5.56 Å². The summed E-state index contributed by atoms with van der Waals surface area (Å²) in [6.45, 7) is 2.01. The minimum absolute atomic E-state index is 0.679. The molecule has 4 nitrogen and oxygen atoms in total. The average Bonchev–Trinajstić information content (AvgIpc) is 2.80. The molecule has 0 bridgehead atoms. The first-order chi connectivity index (χ1) is 9.17. The highest BCUT2D eigenvalue weighted by atomic mass is 35.5. The third-order valence-electron chi connectivity index (χ3n) is 2.98. The summed E-state index contributed by atoms with van der Waals surface area (Å²) in [7, 11) is 1.83. The lowest BCUT2D eigenvalue weighted by atomic mass is 10.1. The number of aromatic amines is 1. The summed E-state index contributed by atoms with van der Waals surface area (Å²) < 4.78 is 0. The second-order valence-corrected chi connectivity index (χ2v) is 4.79. The second kappa shape index (κ2) is 4.55. The molecule has 3 rings (SSSR count). The Balaban J connectivity index is 2.14. The Bertz CT molecular complexity index is 748. The van der Waals surface area contributed by atoms with Crippen molar-refractivity contribution in [2.45, 2.75) is 6.92 Å². The maximum Gasteiger partial charge on any atom is 0.180 e. The van der Waals surface area contributed by atoms with Crippen molar-refractivity contribution in [2.24, 2.45) is 0 Å². The Morgan fingerprint density at radius 1 is 1.16 bits per heavy atom. The number of hydrogen-bond acceptors (Lipinski definition) is 3. The van der Waals surface area contributed by atoms with Gasteiger partial charge in [-0.2, -0.15) is 0 Å². The van der Waals surface area contributed by atoms with E-state index in [0.29, 0.717) is 10.7 Å². The summed E-state index contributed by atoms with van der Waals surface area (Å²) in [6.07, 6.45) is 0. The van der Waals surface area contributed by atoms with E-state index in [9.17, 15) is 0 Å². The van der Waals surface area contributed by atoms with Crippen LogP contribution in [-0.2, 0) is 0 Å². The van der Waals surface area contributed by atoms with Crippen LogP contribution >= 0.6 is 11.6 Å². The summed E-state index contributed by atoms with van der Waals surface area (Å²) in [5, 5.41) is 3.68. The first-order valence-electron chi connectivity index (χ1n) is 5.98. The molecule has 2 aromatic heterocycles. The largest absolute Gasteiger partial charge is 0.373 e. The number of pyridine rings is 1. The molecular weight excluding hydrogens is 260 g/mol. The number of aromatic nitrogens is 3. The normalized spacial score (nSPS) is 10.9. The molecule has 0 aliphatic heterocycles. The first-order valence-corrected chi connectivity index (χ1v) is 6.36. The molecule has 3 aromatic rings. The predicted octanol–water partition coefficient (Wildman–Crippen LogP) is 3.63. The van der Waals surface area contributed by atoms with E-state index >= 15 is 0 Å². The van der Waals surface area contributed by atoms with Crippen molar-refractivity contribution < 1.29 is 0 Å². The molecule has 2 heterocycles. The Labute approximate surface area is 115 Å². The van der Waals surface area contributed by atoms with E-state index in [4.69, 9.17) is 11.6 Å². The van der Waals surface area contributed by atoms with Gasteiger partial charge in [0.25, 0.3) is 0 Å². The molecule has 5 heteroatoms. The maximum absolute atomic E-state index is 6.26. The minimum Gasteiger partial charge on any atom is -0.373 e. The molecule has 0 unspecified atom stereocenters. The van der Waals surface area contributed by atoms with Crippen LogP contribution in [-0.4, -0.2) is 22.0 Å². The van der Waals surface area contributed by atoms with Gasteiger partial charge in [0.2, 0.25) is 0 Å². The zero-order valence-electron chi connectivity index (χ0n) is 10.7. The van der Waals surface area contributed by atoms with Crippen molar-refractivity contribution in [3.05, 3.63) is 40.9 Å². The quantitative estimate of drug-likeness (QED) is 0.749. The van der Waals surface area contributed by atoms with Gasteiger partial charge in [-0.1, -0.05) is 17.7 Å². The van der Waals surface area contributed by atoms with Gasteiger partial charge in [-0.25, -0.2) is 9.97 Å². The molecule has 0 fully saturated rings. The molecule has 1 aromatic carbocycles. The number of anilines is 1. The average molecular weight is 273 g/mol. The predicted molar refractivity (Wildman–Crippen MR) is 78.6 cm³/mol. The lowest BCUT2D eigenvalue weighted by Gasteiger charge is -2.01. The summed E-state index contributed by atoms with van der Waals surface area (Å²) in [4.78, 5) is 12.1. The minimum atomic E-state index is 0.679. The van der Waals surface area contributed by atoms with Crippen LogP contribution in [0.25, 0.3) is 22.6 Å². The van der Waals surface area contributed by atoms with Gasteiger partial charge in [0.05, 0.1) is 10.5 Å². The van der Waals surface area contributed by atoms with E-state index in [1.807, 2.05) is 44.3 Å². The number of nitrogens with zero attached hydrogens (tertiary/aromatic N) is 2. The molecule has 0 saturated carbocycles. The van der Waals surface area contributed by atoms with Crippen molar-refractivity contribution in [3.8, 4) is 11.4 Å². The molecule has 0 aliphatic rings. The van der Waals surface area contributed by atoms with Crippen molar-refractivity contribution in [1.29, 1.82) is 0 Å². The van der Waals surface area contributed by atoms with Gasteiger partial charge in [-0.15, -0.1) is 0 Å². The topological polar surface area (TPSA) is 53.6 Å². The highest BCUT2D eigenvalue weighted by molar-refractivity contribution is 6.33. The van der Waals surface area contributed by atoms with Crippen LogP contribution in [0.4, 0.5) is 5.82 Å². The fourth-order valence-corrected chi connectivity index (χ4v) is 2.30. The van der Waals surface area contributed by atoms with Crippen LogP contribution in [0.5, 0.6) is 0 Å². The van der Waals surface area contributed by atoms with Gasteiger partial charge in [0, 0.05) is 12.6 Å². The van der Waals surface area contributed by atoms with Gasteiger partial charge < -0.3 is 10.3 Å². The van der Waals surface area contributed by atoms with Crippen molar-refractivity contribution in [1.82, 2.24) is 15.0 Å². The van der Waals surface area contributed by atoms with Crippen LogP contribution in [0.15, 0.2) is 30.3 Å². The van der Waals surface area contributed by atoms with Gasteiger partial charge in [0.15, 0.2) is 5.65 Å². The summed E-state index contributed by atoms with van der Waals surface area (Å²) in [6, 6.07) is 9.76. The standard InChI is InChI=1S/C14H13ClN4/c1-8-3-4-9(10(15)7-8)13-17-11-5-6-12(16-2)18-14(11)19-13/h3-7H,1-2H3,(H2,16,17,18,19). The molecule has 0 spiro atoms. The summed E-state index contributed by atoms with van der Waals surface area (Å²) >= 11 is 6.26. The number of fused-ring (bicyclic) bond motifs is 1. The second-order valence-electron chi connectivity index (χ2n) is 4.39. The third kappa shape index (κ3) is 2.15. The van der Waals surface area contributed by atoms with E-state index in [-0.39, 0.29) is 0 Å². The first kappa shape index (κ1) is 12.0. The van der Waals surface area contributed by atoms with Crippen LogP contribution in [0, 0.1) is 6.92 Å². The molecule has 0 amide bonds. The Morgan fingerprint density at radius 2 is 2.00 bits per heavy atom. The molecule has 96 valence electrons. The Morgan fingerprint density at radius 3 is 2.74 bits per heavy atom. The van der Waals surface area contributed by atoms with Crippen molar-refractivity contribution >= 4 is 28.6 Å². The lowest BCUT2D eigenvalue weighted by molar-refractivity contribution is 1.28. The molecule has 0 atom stereocenters. The fraction of sp³-hybridized carbons (Fsp3) is 0.143. The number of H-pyrrole nitrogens is 1. The lowest BCUT2D eigenvalue weighted by Crippen LogP contribution is -1.91. The smallest absolute Gasteiger partial charge is 0.180 e. The van der Waals surface area contributed by atoms with Gasteiger partial charge in [-0.3, -0.25) is 0 Å². The van der Waals surface area contributed by atoms with Crippen LogP contribution in [0.3, 0.4) is 0 Å². The van der Waals surface area contributed by atoms with Gasteiger partial charge >= 0.3 is 0 Å². The molecular formula is C14H13ClN4. The highest BCUT2D eigenvalue weighted by Crippen LogP contribution is 2.28. The van der Waals surface area contributed by atoms with E-state index in [1.165, 1.54) is 0 Å². The molecule has 19 heavy (non-hydrogen) atoms. The zero-order chi connectivity index (χ0) is 13.4. The van der Waals surface area contributed by atoms with E-state index in [2.05, 4.69) is 20.3 Å². The molecule has 0 radical (unpaired) electrons. The van der Waals surface area contributed by atoms with Crippen molar-refractivity contribution in [3.63, 3.8) is 0 Å². The van der Waals surface area contributed by atoms with E-state index < -0.39 is 0 Å². The van der Waals surface area contributed by atoms with E-state index in [1.54, 1.807) is 0 Å². The number of benzene rings is 1. The van der Waals surface area contributed by atoms with Crippen LogP contribution in [0.2, 0.25) is 5.02 Å². The summed E-state index contributed by atoms with van der Waals surface area (Å²) in [5.74, 6) is 1.53. The molecule has 2 N–H and O–H groups in total. The number of aryl methyl sites for hydroxylation is 1. The Kier molecular flexibility index (Phi) is 2.87. The number of rotatable bonds is 2. The monoisotopic (exact) mass is 272 g/mol. The fourth-order valence-electron chi connectivity index (χ4n) is 1.97. The Hall–Kier alpha value is -2.07. The van der Waals surface area contributed by atoms with Gasteiger partial charge in [0.1, 0.15) is 11.6 Å². The SMILES string of the molecule is CNc1ccc2[nH]c(-c3ccc(C)cc3Cl)nc2n1. The molecule has 0 saturated heterocycles. The summed E-state index contributed by atoms with van der Waals surface area (Å²) in [5.41, 5.74) is 3.58. The van der Waals surface area contributed by atoms with E-state index in [0.717, 1.165) is 28.3 Å². The maximum atomic E-state index is 6.26. The number of imidazole rings is 1. The van der Waals surface area contributed by atoms with Gasteiger partial charge in [-0.05, 0) is 36.8 Å². The number of nitrogens with one attached hydrogen (secondary N) is 2. The number of halogens is 1. The number of hydrogen-bond donors (Lipinski definition) is 2. The van der Waals surface area contributed by atoms with Crippen LogP contribution < -0.4 is 5.32 Å².